The largest absolute Gasteiger partial charge is 0.322 e. The van der Waals surface area contributed by atoms with Crippen molar-refractivity contribution in [3.05, 3.63) is 113 Å². The van der Waals surface area contributed by atoms with Gasteiger partial charge in [0.15, 0.2) is 0 Å². The van der Waals surface area contributed by atoms with Gasteiger partial charge in [0.1, 0.15) is 5.69 Å². The zero-order valence-electron chi connectivity index (χ0n) is 19.7. The van der Waals surface area contributed by atoms with Crippen molar-refractivity contribution in [1.82, 2.24) is 9.78 Å². The van der Waals surface area contributed by atoms with E-state index in [1.165, 1.54) is 58.2 Å². The van der Waals surface area contributed by atoms with E-state index < -0.39 is 17.7 Å². The summed E-state index contributed by atoms with van der Waals surface area (Å²) in [5.41, 5.74) is 1.10. The standard InChI is InChI=1S/C28H21F2N5O2/c1-18-17-34(23-12-10-21(11-13-23)28(29,30)20-7-3-2-4-8-20)27(37)25-24(16-32-35(18)25)26(36)33-22-9-5-6-19(14-22)15-31/h2-14,16,18H,17H2,1H3,(H,33,36). The van der Waals surface area contributed by atoms with Crippen LogP contribution < -0.4 is 10.2 Å². The van der Waals surface area contributed by atoms with Gasteiger partial charge in [0.2, 0.25) is 0 Å². The summed E-state index contributed by atoms with van der Waals surface area (Å²) in [5.74, 6) is -4.20. The number of fused-ring (bicyclic) bond motifs is 1. The Hall–Kier alpha value is -4.84. The van der Waals surface area contributed by atoms with Crippen molar-refractivity contribution in [3.63, 3.8) is 0 Å². The molecule has 0 bridgehead atoms. The smallest absolute Gasteiger partial charge is 0.298 e. The summed E-state index contributed by atoms with van der Waals surface area (Å²) in [6, 6.07) is 21.3. The van der Waals surface area contributed by atoms with Crippen LogP contribution in [0.5, 0.6) is 0 Å². The Bertz CT molecular complexity index is 1520. The van der Waals surface area contributed by atoms with Crippen LogP contribution in [-0.4, -0.2) is 28.1 Å². The van der Waals surface area contributed by atoms with E-state index in [2.05, 4.69) is 10.4 Å². The monoisotopic (exact) mass is 497 g/mol. The summed E-state index contributed by atoms with van der Waals surface area (Å²) in [6.45, 7) is 2.11. The summed E-state index contributed by atoms with van der Waals surface area (Å²) in [4.78, 5) is 28.0. The SMILES string of the molecule is CC1CN(c2ccc(C(F)(F)c3ccccc3)cc2)C(=O)c2c(C(=O)Nc3cccc(C#N)c3)cnn21. The van der Waals surface area contributed by atoms with Crippen molar-refractivity contribution in [2.45, 2.75) is 18.9 Å². The molecule has 1 atom stereocenters. The number of rotatable bonds is 5. The van der Waals surface area contributed by atoms with Crippen LogP contribution in [0.25, 0.3) is 0 Å². The number of alkyl halides is 2. The number of benzene rings is 3. The first-order valence-corrected chi connectivity index (χ1v) is 11.5. The van der Waals surface area contributed by atoms with Crippen LogP contribution in [0.4, 0.5) is 20.2 Å². The first-order chi connectivity index (χ1) is 17.8. The number of carbonyl (C=O) groups is 2. The lowest BCUT2D eigenvalue weighted by Gasteiger charge is -2.32. The predicted molar refractivity (Wildman–Crippen MR) is 134 cm³/mol. The molecule has 37 heavy (non-hydrogen) atoms. The quantitative estimate of drug-likeness (QED) is 0.401. The lowest BCUT2D eigenvalue weighted by Crippen LogP contribution is -2.43. The number of amides is 2. The number of carbonyl (C=O) groups excluding carboxylic acids is 2. The molecule has 1 N–H and O–H groups in total. The fourth-order valence-corrected chi connectivity index (χ4v) is 4.38. The molecule has 0 saturated carbocycles. The van der Waals surface area contributed by atoms with Crippen LogP contribution in [0.3, 0.4) is 0 Å². The van der Waals surface area contributed by atoms with Gasteiger partial charge in [-0.25, -0.2) is 0 Å². The molecule has 2 amide bonds. The molecule has 2 heterocycles. The molecule has 1 aromatic heterocycles. The zero-order chi connectivity index (χ0) is 26.2. The Morgan fingerprint density at radius 3 is 2.46 bits per heavy atom. The maximum atomic E-state index is 15.0. The van der Waals surface area contributed by atoms with Crippen LogP contribution in [-0.2, 0) is 5.92 Å². The molecule has 7 nitrogen and oxygen atoms in total. The number of aromatic nitrogens is 2. The Morgan fingerprint density at radius 2 is 1.76 bits per heavy atom. The van der Waals surface area contributed by atoms with Crippen LogP contribution in [0.15, 0.2) is 85.1 Å². The summed E-state index contributed by atoms with van der Waals surface area (Å²) in [7, 11) is 0. The van der Waals surface area contributed by atoms with Gasteiger partial charge in [-0.1, -0.05) is 48.5 Å². The minimum Gasteiger partial charge on any atom is -0.322 e. The molecule has 184 valence electrons. The highest BCUT2D eigenvalue weighted by Gasteiger charge is 2.37. The van der Waals surface area contributed by atoms with Crippen molar-refractivity contribution < 1.29 is 18.4 Å². The van der Waals surface area contributed by atoms with Gasteiger partial charge < -0.3 is 10.2 Å². The number of hydrogen-bond donors (Lipinski definition) is 1. The Morgan fingerprint density at radius 1 is 1.05 bits per heavy atom. The molecule has 1 aliphatic heterocycles. The molecule has 0 spiro atoms. The average Bonchev–Trinajstić information content (AvgIpc) is 3.38. The molecule has 0 fully saturated rings. The van der Waals surface area contributed by atoms with E-state index in [1.807, 2.05) is 13.0 Å². The van der Waals surface area contributed by atoms with E-state index in [1.54, 1.807) is 36.4 Å². The van der Waals surface area contributed by atoms with Crippen LogP contribution in [0.1, 0.15) is 50.5 Å². The normalized spacial score (nSPS) is 15.1. The third-order valence-corrected chi connectivity index (χ3v) is 6.28. The second-order valence-corrected chi connectivity index (χ2v) is 8.75. The average molecular weight is 498 g/mol. The molecule has 1 unspecified atom stereocenters. The van der Waals surface area contributed by atoms with Crippen molar-refractivity contribution >= 4 is 23.2 Å². The van der Waals surface area contributed by atoms with E-state index in [4.69, 9.17) is 5.26 Å². The van der Waals surface area contributed by atoms with Crippen LogP contribution in [0, 0.1) is 11.3 Å². The van der Waals surface area contributed by atoms with Crippen molar-refractivity contribution in [3.8, 4) is 6.07 Å². The maximum Gasteiger partial charge on any atom is 0.298 e. The number of anilines is 2. The lowest BCUT2D eigenvalue weighted by molar-refractivity contribution is 0.0428. The second-order valence-electron chi connectivity index (χ2n) is 8.75. The first kappa shape index (κ1) is 23.9. The molecule has 1 aliphatic rings. The summed E-state index contributed by atoms with van der Waals surface area (Å²) in [6.07, 6.45) is 1.33. The van der Waals surface area contributed by atoms with Gasteiger partial charge in [0, 0.05) is 29.0 Å². The van der Waals surface area contributed by atoms with Gasteiger partial charge in [0.25, 0.3) is 17.7 Å². The first-order valence-electron chi connectivity index (χ1n) is 11.5. The third kappa shape index (κ3) is 4.34. The van der Waals surface area contributed by atoms with E-state index in [0.717, 1.165) is 0 Å². The van der Waals surface area contributed by atoms with Crippen LogP contribution in [0.2, 0.25) is 0 Å². The number of halogens is 2. The Labute approximate surface area is 211 Å². The molecule has 4 aromatic rings. The molecule has 0 aliphatic carbocycles. The van der Waals surface area contributed by atoms with E-state index in [0.29, 0.717) is 16.9 Å². The fourth-order valence-electron chi connectivity index (χ4n) is 4.38. The van der Waals surface area contributed by atoms with Gasteiger partial charge in [-0.3, -0.25) is 14.3 Å². The minimum absolute atomic E-state index is 0.0798. The highest BCUT2D eigenvalue weighted by molar-refractivity contribution is 6.15. The van der Waals surface area contributed by atoms with Gasteiger partial charge >= 0.3 is 0 Å². The van der Waals surface area contributed by atoms with Gasteiger partial charge in [-0.05, 0) is 37.3 Å². The van der Waals surface area contributed by atoms with E-state index >= 15 is 0 Å². The highest BCUT2D eigenvalue weighted by atomic mass is 19.3. The second kappa shape index (κ2) is 9.32. The molecule has 0 radical (unpaired) electrons. The molecule has 3 aromatic carbocycles. The van der Waals surface area contributed by atoms with Crippen molar-refractivity contribution in [2.75, 3.05) is 16.8 Å². The third-order valence-electron chi connectivity index (χ3n) is 6.28. The topological polar surface area (TPSA) is 91.0 Å². The van der Waals surface area contributed by atoms with Crippen molar-refractivity contribution in [1.29, 1.82) is 5.26 Å². The van der Waals surface area contributed by atoms with E-state index in [-0.39, 0.29) is 35.0 Å². The van der Waals surface area contributed by atoms with Crippen LogP contribution >= 0.6 is 0 Å². The van der Waals surface area contributed by atoms with E-state index in [9.17, 15) is 18.4 Å². The fraction of sp³-hybridized carbons (Fsp3) is 0.143. The summed E-state index contributed by atoms with van der Waals surface area (Å²) < 4.78 is 31.4. The lowest BCUT2D eigenvalue weighted by atomic mass is 10.00. The van der Waals surface area contributed by atoms with Gasteiger partial charge in [0.05, 0.1) is 29.4 Å². The maximum absolute atomic E-state index is 15.0. The minimum atomic E-state index is -3.19. The summed E-state index contributed by atoms with van der Waals surface area (Å²) in [5, 5.41) is 16.0. The zero-order valence-corrected chi connectivity index (χ0v) is 19.7. The number of nitriles is 1. The van der Waals surface area contributed by atoms with Crippen molar-refractivity contribution in [2.24, 2.45) is 0 Å². The molecule has 5 rings (SSSR count). The predicted octanol–water partition coefficient (Wildman–Crippen LogP) is 5.37. The molecular weight excluding hydrogens is 476 g/mol. The van der Waals surface area contributed by atoms with Gasteiger partial charge in [-0.2, -0.15) is 19.1 Å². The van der Waals surface area contributed by atoms with Gasteiger partial charge in [-0.15, -0.1) is 0 Å². The Balaban J connectivity index is 1.42. The Kier molecular flexibility index (Phi) is 6.01. The number of nitrogens with one attached hydrogen (secondary N) is 1. The molecule has 0 saturated heterocycles. The molecular formula is C28H21F2N5O2. The summed E-state index contributed by atoms with van der Waals surface area (Å²) >= 11 is 0. The molecule has 9 heteroatoms. The number of nitrogens with zero attached hydrogens (tertiary/aromatic N) is 4. The number of hydrogen-bond acceptors (Lipinski definition) is 4. The highest BCUT2D eigenvalue weighted by Crippen LogP contribution is 2.37.